The predicted octanol–water partition coefficient (Wildman–Crippen LogP) is 3.72. The van der Waals surface area contributed by atoms with Gasteiger partial charge in [0.25, 0.3) is 5.69 Å². The van der Waals surface area contributed by atoms with Crippen LogP contribution in [0.2, 0.25) is 0 Å². The Bertz CT molecular complexity index is 811. The first-order chi connectivity index (χ1) is 11.5. The first-order valence-corrected chi connectivity index (χ1v) is 7.50. The van der Waals surface area contributed by atoms with Crippen molar-refractivity contribution in [2.75, 3.05) is 13.7 Å². The van der Waals surface area contributed by atoms with Crippen molar-refractivity contribution in [3.63, 3.8) is 0 Å². The number of rotatable bonds is 6. The molecular formula is C18H19N3O3. The Balaban J connectivity index is 2.37. The zero-order valence-corrected chi connectivity index (χ0v) is 13.9. The molecular weight excluding hydrogens is 306 g/mol. The number of nitriles is 1. The van der Waals surface area contributed by atoms with Crippen LogP contribution in [-0.4, -0.2) is 23.2 Å². The molecule has 0 spiro atoms. The topological polar surface area (TPSA) is 81.1 Å². The van der Waals surface area contributed by atoms with Crippen molar-refractivity contribution in [1.29, 1.82) is 5.26 Å². The third-order valence-electron chi connectivity index (χ3n) is 3.94. The summed E-state index contributed by atoms with van der Waals surface area (Å²) < 4.78 is 7.26. The summed E-state index contributed by atoms with van der Waals surface area (Å²) in [5, 5.41) is 20.2. The summed E-state index contributed by atoms with van der Waals surface area (Å²) in [6.45, 7) is 5.38. The lowest BCUT2D eigenvalue weighted by molar-refractivity contribution is -0.384. The van der Waals surface area contributed by atoms with Gasteiger partial charge in [-0.25, -0.2) is 0 Å². The number of nitro benzene ring substituents is 1. The minimum atomic E-state index is -0.455. The second kappa shape index (κ2) is 7.57. The van der Waals surface area contributed by atoms with Crippen LogP contribution in [0.3, 0.4) is 0 Å². The van der Waals surface area contributed by atoms with E-state index in [1.54, 1.807) is 19.2 Å². The van der Waals surface area contributed by atoms with Crippen LogP contribution < -0.4 is 0 Å². The SMILES string of the molecule is COCCn1c(C)cc(/C=C(/C#N)c2ccc([N+](=O)[O-])cc2)c1C. The number of benzene rings is 1. The van der Waals surface area contributed by atoms with Gasteiger partial charge in [0.1, 0.15) is 0 Å². The van der Waals surface area contributed by atoms with Gasteiger partial charge in [-0.15, -0.1) is 0 Å². The Morgan fingerprint density at radius 3 is 2.58 bits per heavy atom. The van der Waals surface area contributed by atoms with Crippen LogP contribution in [0.5, 0.6) is 0 Å². The minimum Gasteiger partial charge on any atom is -0.383 e. The van der Waals surface area contributed by atoms with E-state index in [0.29, 0.717) is 17.7 Å². The lowest BCUT2D eigenvalue weighted by Crippen LogP contribution is -2.07. The molecule has 0 amide bonds. The standard InChI is InChI=1S/C18H19N3O3/c1-13-10-16(14(2)20(13)8-9-24-3)11-17(12-19)15-4-6-18(7-5-15)21(22)23/h4-7,10-11H,8-9H2,1-3H3/b17-11-. The molecule has 6 heteroatoms. The Morgan fingerprint density at radius 1 is 1.38 bits per heavy atom. The Morgan fingerprint density at radius 2 is 2.04 bits per heavy atom. The fourth-order valence-corrected chi connectivity index (χ4v) is 2.60. The van der Waals surface area contributed by atoms with Gasteiger partial charge >= 0.3 is 0 Å². The summed E-state index contributed by atoms with van der Waals surface area (Å²) in [6, 6.07) is 10.2. The van der Waals surface area contributed by atoms with Crippen molar-refractivity contribution < 1.29 is 9.66 Å². The molecule has 124 valence electrons. The van der Waals surface area contributed by atoms with Crippen molar-refractivity contribution in [3.05, 3.63) is 63.0 Å². The van der Waals surface area contributed by atoms with Gasteiger partial charge in [-0.05, 0) is 49.2 Å². The summed E-state index contributed by atoms with van der Waals surface area (Å²) in [6.07, 6.45) is 1.81. The molecule has 0 bridgehead atoms. The number of nitrogens with zero attached hydrogens (tertiary/aromatic N) is 3. The molecule has 0 aliphatic carbocycles. The normalized spacial score (nSPS) is 11.3. The van der Waals surface area contributed by atoms with Crippen LogP contribution in [0.25, 0.3) is 11.6 Å². The summed E-state index contributed by atoms with van der Waals surface area (Å²) in [5.74, 6) is 0. The van der Waals surface area contributed by atoms with Crippen LogP contribution in [0.4, 0.5) is 5.69 Å². The first-order valence-electron chi connectivity index (χ1n) is 7.50. The van der Waals surface area contributed by atoms with E-state index in [1.807, 2.05) is 26.0 Å². The van der Waals surface area contributed by atoms with Gasteiger partial charge in [-0.2, -0.15) is 5.26 Å². The van der Waals surface area contributed by atoms with E-state index in [2.05, 4.69) is 10.6 Å². The van der Waals surface area contributed by atoms with Crippen LogP contribution in [0.1, 0.15) is 22.5 Å². The average molecular weight is 325 g/mol. The van der Waals surface area contributed by atoms with Crippen LogP contribution >= 0.6 is 0 Å². The lowest BCUT2D eigenvalue weighted by Gasteiger charge is -2.08. The third-order valence-corrected chi connectivity index (χ3v) is 3.94. The molecule has 1 aromatic carbocycles. The highest BCUT2D eigenvalue weighted by Crippen LogP contribution is 2.24. The molecule has 1 heterocycles. The van der Waals surface area contributed by atoms with E-state index >= 15 is 0 Å². The van der Waals surface area contributed by atoms with E-state index in [9.17, 15) is 15.4 Å². The maximum atomic E-state index is 10.7. The highest BCUT2D eigenvalue weighted by Gasteiger charge is 2.10. The zero-order chi connectivity index (χ0) is 17.7. The molecule has 0 saturated heterocycles. The molecule has 6 nitrogen and oxygen atoms in total. The summed E-state index contributed by atoms with van der Waals surface area (Å²) in [5.41, 5.74) is 4.24. The maximum Gasteiger partial charge on any atom is 0.269 e. The van der Waals surface area contributed by atoms with Crippen molar-refractivity contribution in [2.24, 2.45) is 0 Å². The van der Waals surface area contributed by atoms with Crippen LogP contribution in [0, 0.1) is 35.3 Å². The van der Waals surface area contributed by atoms with Gasteiger partial charge in [0.2, 0.25) is 0 Å². The fourth-order valence-electron chi connectivity index (χ4n) is 2.60. The van der Waals surface area contributed by atoms with Gasteiger partial charge in [0, 0.05) is 37.2 Å². The molecule has 0 aliphatic rings. The number of aryl methyl sites for hydroxylation is 1. The molecule has 24 heavy (non-hydrogen) atoms. The minimum absolute atomic E-state index is 0.00813. The smallest absolute Gasteiger partial charge is 0.269 e. The number of hydrogen-bond donors (Lipinski definition) is 0. The summed E-state index contributed by atoms with van der Waals surface area (Å²) in [4.78, 5) is 10.3. The van der Waals surface area contributed by atoms with E-state index in [0.717, 1.165) is 23.5 Å². The van der Waals surface area contributed by atoms with Crippen molar-refractivity contribution in [1.82, 2.24) is 4.57 Å². The number of methoxy groups -OCH3 is 1. The molecule has 2 rings (SSSR count). The Kier molecular flexibility index (Phi) is 5.51. The van der Waals surface area contributed by atoms with Gasteiger partial charge in [0.05, 0.1) is 23.2 Å². The highest BCUT2D eigenvalue weighted by atomic mass is 16.6. The lowest BCUT2D eigenvalue weighted by atomic mass is 10.0. The molecule has 0 radical (unpaired) electrons. The van der Waals surface area contributed by atoms with Gasteiger partial charge in [0.15, 0.2) is 0 Å². The van der Waals surface area contributed by atoms with E-state index in [4.69, 9.17) is 4.74 Å². The number of hydrogen-bond acceptors (Lipinski definition) is 4. The molecule has 0 saturated carbocycles. The second-order valence-corrected chi connectivity index (χ2v) is 5.44. The number of allylic oxidation sites excluding steroid dienone is 1. The van der Waals surface area contributed by atoms with Crippen molar-refractivity contribution in [2.45, 2.75) is 20.4 Å². The molecule has 0 fully saturated rings. The van der Waals surface area contributed by atoms with E-state index < -0.39 is 4.92 Å². The number of non-ortho nitro benzene ring substituents is 1. The Hall–Kier alpha value is -2.91. The molecule has 0 N–H and O–H groups in total. The van der Waals surface area contributed by atoms with Crippen LogP contribution in [-0.2, 0) is 11.3 Å². The predicted molar refractivity (Wildman–Crippen MR) is 92.4 cm³/mol. The van der Waals surface area contributed by atoms with Gasteiger partial charge < -0.3 is 9.30 Å². The molecule has 0 unspecified atom stereocenters. The first kappa shape index (κ1) is 17.4. The van der Waals surface area contributed by atoms with E-state index in [-0.39, 0.29) is 5.69 Å². The molecule has 0 aliphatic heterocycles. The maximum absolute atomic E-state index is 10.7. The van der Waals surface area contributed by atoms with E-state index in [1.165, 1.54) is 12.1 Å². The zero-order valence-electron chi connectivity index (χ0n) is 13.9. The number of aromatic nitrogens is 1. The summed E-state index contributed by atoms with van der Waals surface area (Å²) in [7, 11) is 1.66. The fraction of sp³-hybridized carbons (Fsp3) is 0.278. The van der Waals surface area contributed by atoms with Crippen molar-refractivity contribution >= 4 is 17.3 Å². The van der Waals surface area contributed by atoms with Crippen LogP contribution in [0.15, 0.2) is 30.3 Å². The quantitative estimate of drug-likeness (QED) is 0.460. The largest absolute Gasteiger partial charge is 0.383 e. The number of ether oxygens (including phenoxy) is 1. The monoisotopic (exact) mass is 325 g/mol. The Labute approximate surface area is 140 Å². The molecule has 2 aromatic rings. The summed E-state index contributed by atoms with van der Waals surface area (Å²) >= 11 is 0. The molecule has 0 atom stereocenters. The average Bonchev–Trinajstić information content (AvgIpc) is 2.84. The second-order valence-electron chi connectivity index (χ2n) is 5.44. The van der Waals surface area contributed by atoms with Crippen molar-refractivity contribution in [3.8, 4) is 6.07 Å². The third kappa shape index (κ3) is 3.70. The highest BCUT2D eigenvalue weighted by molar-refractivity contribution is 5.90. The molecule has 1 aromatic heterocycles. The van der Waals surface area contributed by atoms with Gasteiger partial charge in [-0.1, -0.05) is 0 Å². The van der Waals surface area contributed by atoms with Gasteiger partial charge in [-0.3, -0.25) is 10.1 Å². The number of nitro groups is 1.